The van der Waals surface area contributed by atoms with Gasteiger partial charge >= 0.3 is 0 Å². The summed E-state index contributed by atoms with van der Waals surface area (Å²) in [7, 11) is 0. The molecular formula is C15H22BrNO. The van der Waals surface area contributed by atoms with E-state index >= 15 is 0 Å². The van der Waals surface area contributed by atoms with Crippen molar-refractivity contribution < 1.29 is 4.74 Å². The SMILES string of the molecule is CC1CC(C)CC(OCc2c(N)cccc2Br)C1. The zero-order valence-electron chi connectivity index (χ0n) is 11.2. The minimum Gasteiger partial charge on any atom is -0.398 e. The molecule has 2 rings (SSSR count). The van der Waals surface area contributed by atoms with Gasteiger partial charge in [0.2, 0.25) is 0 Å². The first-order valence-electron chi connectivity index (χ1n) is 6.70. The molecule has 0 aromatic heterocycles. The van der Waals surface area contributed by atoms with Crippen molar-refractivity contribution in [3.8, 4) is 0 Å². The minimum atomic E-state index is 0.384. The second kappa shape index (κ2) is 6.07. The number of benzene rings is 1. The van der Waals surface area contributed by atoms with Crippen LogP contribution < -0.4 is 5.73 Å². The van der Waals surface area contributed by atoms with Crippen LogP contribution in [0.3, 0.4) is 0 Å². The van der Waals surface area contributed by atoms with Crippen molar-refractivity contribution in [2.75, 3.05) is 5.73 Å². The highest BCUT2D eigenvalue weighted by Crippen LogP contribution is 2.32. The van der Waals surface area contributed by atoms with E-state index in [0.717, 1.165) is 27.6 Å². The lowest BCUT2D eigenvalue weighted by Crippen LogP contribution is -2.26. The van der Waals surface area contributed by atoms with E-state index in [1.807, 2.05) is 18.2 Å². The summed E-state index contributed by atoms with van der Waals surface area (Å²) in [6, 6.07) is 5.89. The van der Waals surface area contributed by atoms with Gasteiger partial charge < -0.3 is 10.5 Å². The Hall–Kier alpha value is -0.540. The zero-order valence-corrected chi connectivity index (χ0v) is 12.7. The Balaban J connectivity index is 1.95. The molecule has 1 aliphatic carbocycles. The number of rotatable bonds is 3. The molecule has 100 valence electrons. The third-order valence-corrected chi connectivity index (χ3v) is 4.50. The van der Waals surface area contributed by atoms with Crippen molar-refractivity contribution in [1.82, 2.24) is 0 Å². The summed E-state index contributed by atoms with van der Waals surface area (Å²) in [5.41, 5.74) is 7.86. The number of anilines is 1. The van der Waals surface area contributed by atoms with Crippen molar-refractivity contribution in [3.63, 3.8) is 0 Å². The molecule has 1 aromatic carbocycles. The molecule has 0 spiro atoms. The molecule has 2 N–H and O–H groups in total. The maximum atomic E-state index is 6.06. The van der Waals surface area contributed by atoms with Crippen LogP contribution in [0.5, 0.6) is 0 Å². The molecule has 0 amide bonds. The van der Waals surface area contributed by atoms with Crippen LogP contribution in [0.15, 0.2) is 22.7 Å². The largest absolute Gasteiger partial charge is 0.398 e. The first kappa shape index (κ1) is 13.9. The molecule has 1 saturated carbocycles. The van der Waals surface area contributed by atoms with E-state index in [9.17, 15) is 0 Å². The van der Waals surface area contributed by atoms with Gasteiger partial charge in [-0.3, -0.25) is 0 Å². The van der Waals surface area contributed by atoms with E-state index in [4.69, 9.17) is 10.5 Å². The van der Waals surface area contributed by atoms with E-state index < -0.39 is 0 Å². The second-order valence-corrected chi connectivity index (χ2v) is 6.51. The molecule has 0 saturated heterocycles. The molecule has 3 heteroatoms. The fraction of sp³-hybridized carbons (Fsp3) is 0.600. The molecule has 0 bridgehead atoms. The van der Waals surface area contributed by atoms with Crippen LogP contribution in [-0.2, 0) is 11.3 Å². The Bertz CT molecular complexity index is 377. The van der Waals surface area contributed by atoms with E-state index in [2.05, 4.69) is 29.8 Å². The van der Waals surface area contributed by atoms with Crippen LogP contribution in [-0.4, -0.2) is 6.10 Å². The number of hydrogen-bond donors (Lipinski definition) is 1. The summed E-state index contributed by atoms with van der Waals surface area (Å²) >= 11 is 3.54. The molecule has 0 radical (unpaired) electrons. The molecule has 2 unspecified atom stereocenters. The first-order valence-corrected chi connectivity index (χ1v) is 7.50. The lowest BCUT2D eigenvalue weighted by molar-refractivity contribution is -0.00913. The van der Waals surface area contributed by atoms with Gasteiger partial charge in [-0.15, -0.1) is 0 Å². The van der Waals surface area contributed by atoms with Gasteiger partial charge in [0.25, 0.3) is 0 Å². The Kier molecular flexibility index (Phi) is 4.68. The van der Waals surface area contributed by atoms with Crippen LogP contribution in [0.1, 0.15) is 38.7 Å². The topological polar surface area (TPSA) is 35.2 Å². The fourth-order valence-corrected chi connectivity index (χ4v) is 3.43. The van der Waals surface area contributed by atoms with Gasteiger partial charge in [0, 0.05) is 15.7 Å². The maximum Gasteiger partial charge on any atom is 0.0751 e. The van der Waals surface area contributed by atoms with E-state index in [1.54, 1.807) is 0 Å². The molecular weight excluding hydrogens is 290 g/mol. The van der Waals surface area contributed by atoms with E-state index in [-0.39, 0.29) is 0 Å². The van der Waals surface area contributed by atoms with Gasteiger partial charge in [0.15, 0.2) is 0 Å². The Morgan fingerprint density at radius 3 is 2.50 bits per heavy atom. The quantitative estimate of drug-likeness (QED) is 0.841. The monoisotopic (exact) mass is 311 g/mol. The number of nitrogen functional groups attached to an aromatic ring is 1. The van der Waals surface area contributed by atoms with Crippen molar-refractivity contribution >= 4 is 21.6 Å². The van der Waals surface area contributed by atoms with Crippen LogP contribution in [0.4, 0.5) is 5.69 Å². The molecule has 1 fully saturated rings. The lowest BCUT2D eigenvalue weighted by Gasteiger charge is -2.31. The molecule has 0 aliphatic heterocycles. The maximum absolute atomic E-state index is 6.06. The van der Waals surface area contributed by atoms with E-state index in [0.29, 0.717) is 12.7 Å². The number of halogens is 1. The number of hydrogen-bond acceptors (Lipinski definition) is 2. The van der Waals surface area contributed by atoms with Crippen molar-refractivity contribution in [2.24, 2.45) is 11.8 Å². The summed E-state index contributed by atoms with van der Waals surface area (Å²) in [5, 5.41) is 0. The normalized spacial score (nSPS) is 28.3. The molecule has 1 aliphatic rings. The predicted octanol–water partition coefficient (Wildman–Crippen LogP) is 4.37. The average Bonchev–Trinajstić information content (AvgIpc) is 2.27. The van der Waals surface area contributed by atoms with Gasteiger partial charge in [0.05, 0.1) is 12.7 Å². The summed E-state index contributed by atoms with van der Waals surface area (Å²) in [4.78, 5) is 0. The minimum absolute atomic E-state index is 0.384. The summed E-state index contributed by atoms with van der Waals surface area (Å²) < 4.78 is 7.10. The molecule has 2 atom stereocenters. The smallest absolute Gasteiger partial charge is 0.0751 e. The summed E-state index contributed by atoms with van der Waals surface area (Å²) in [5.74, 6) is 1.55. The number of nitrogens with two attached hydrogens (primary N) is 1. The predicted molar refractivity (Wildman–Crippen MR) is 79.3 cm³/mol. The average molecular weight is 312 g/mol. The Morgan fingerprint density at radius 2 is 1.89 bits per heavy atom. The molecule has 18 heavy (non-hydrogen) atoms. The summed E-state index contributed by atoms with van der Waals surface area (Å²) in [6.07, 6.45) is 4.07. The lowest BCUT2D eigenvalue weighted by atomic mass is 9.82. The Morgan fingerprint density at radius 1 is 1.22 bits per heavy atom. The Labute approximate surface area is 118 Å². The van der Waals surface area contributed by atoms with Crippen LogP contribution >= 0.6 is 15.9 Å². The molecule has 1 aromatic rings. The highest BCUT2D eigenvalue weighted by Gasteiger charge is 2.24. The first-order chi connectivity index (χ1) is 8.56. The van der Waals surface area contributed by atoms with Crippen molar-refractivity contribution in [2.45, 2.75) is 45.8 Å². The van der Waals surface area contributed by atoms with E-state index in [1.165, 1.54) is 19.3 Å². The van der Waals surface area contributed by atoms with Crippen molar-refractivity contribution in [3.05, 3.63) is 28.2 Å². The second-order valence-electron chi connectivity index (χ2n) is 5.66. The van der Waals surface area contributed by atoms with Gasteiger partial charge in [-0.1, -0.05) is 35.8 Å². The molecule has 2 nitrogen and oxygen atoms in total. The van der Waals surface area contributed by atoms with Crippen molar-refractivity contribution in [1.29, 1.82) is 0 Å². The van der Waals surface area contributed by atoms with Crippen LogP contribution in [0.2, 0.25) is 0 Å². The third kappa shape index (κ3) is 3.48. The zero-order chi connectivity index (χ0) is 13.1. The van der Waals surface area contributed by atoms with Gasteiger partial charge in [-0.05, 0) is 43.2 Å². The van der Waals surface area contributed by atoms with Gasteiger partial charge in [0.1, 0.15) is 0 Å². The fourth-order valence-electron chi connectivity index (χ4n) is 2.94. The number of ether oxygens (including phenoxy) is 1. The standard InChI is InChI=1S/C15H22BrNO/c1-10-6-11(2)8-12(7-10)18-9-13-14(16)4-3-5-15(13)17/h3-5,10-12H,6-9,17H2,1-2H3. The highest BCUT2D eigenvalue weighted by atomic mass is 79.9. The highest BCUT2D eigenvalue weighted by molar-refractivity contribution is 9.10. The molecule has 0 heterocycles. The van der Waals surface area contributed by atoms with Gasteiger partial charge in [-0.25, -0.2) is 0 Å². The third-order valence-electron chi connectivity index (χ3n) is 3.75. The van der Waals surface area contributed by atoms with Gasteiger partial charge in [-0.2, -0.15) is 0 Å². The summed E-state index contributed by atoms with van der Waals surface area (Å²) in [6.45, 7) is 5.25. The van der Waals surface area contributed by atoms with Crippen LogP contribution in [0.25, 0.3) is 0 Å². The van der Waals surface area contributed by atoms with Crippen LogP contribution in [0, 0.1) is 11.8 Å².